The zero-order valence-electron chi connectivity index (χ0n) is 14.9. The Hall–Kier alpha value is -3.26. The summed E-state index contributed by atoms with van der Waals surface area (Å²) < 4.78 is 7.71. The molecule has 0 aliphatic carbocycles. The van der Waals surface area contributed by atoms with E-state index in [0.29, 0.717) is 27.4 Å². The van der Waals surface area contributed by atoms with Gasteiger partial charge in [0.2, 0.25) is 0 Å². The van der Waals surface area contributed by atoms with Crippen molar-refractivity contribution in [3.8, 4) is 5.69 Å². The molecule has 0 aliphatic rings. The molecule has 4 aromatic heterocycles. The highest BCUT2D eigenvalue weighted by molar-refractivity contribution is 7.25. The summed E-state index contributed by atoms with van der Waals surface area (Å²) in [6.45, 7) is 1.80. The van der Waals surface area contributed by atoms with Crippen molar-refractivity contribution < 1.29 is 4.42 Å². The molecule has 0 radical (unpaired) electrons. The quantitative estimate of drug-likeness (QED) is 0.468. The van der Waals surface area contributed by atoms with Gasteiger partial charge in [-0.15, -0.1) is 11.3 Å². The van der Waals surface area contributed by atoms with Crippen molar-refractivity contribution in [1.82, 2.24) is 19.5 Å². The lowest BCUT2D eigenvalue weighted by Gasteiger charge is -2.13. The van der Waals surface area contributed by atoms with E-state index in [9.17, 15) is 4.79 Å². The molecule has 0 aliphatic heterocycles. The normalized spacial score (nSPS) is 11.7. The minimum absolute atomic E-state index is 0.122. The molecule has 0 saturated carbocycles. The standard InChI is InChI=1S/C19H15N5O2S/c1-10-22-12-5-4-11(8-14(12)26-10)24-9-21-16-15-13(23(2)3)6-7-20-18(15)27-17(16)19(24)25/h4-9H,1-3H3. The van der Waals surface area contributed by atoms with E-state index in [1.807, 2.05) is 37.2 Å². The number of aryl methyl sites for hydroxylation is 1. The van der Waals surface area contributed by atoms with Crippen LogP contribution in [0, 0.1) is 6.92 Å². The van der Waals surface area contributed by atoms with Gasteiger partial charge in [-0.25, -0.2) is 15.0 Å². The molecule has 5 aromatic rings. The molecular formula is C19H15N5O2S. The van der Waals surface area contributed by atoms with Gasteiger partial charge in [0.05, 0.1) is 22.3 Å². The van der Waals surface area contributed by atoms with E-state index < -0.39 is 0 Å². The zero-order valence-corrected chi connectivity index (χ0v) is 15.7. The number of hydrogen-bond donors (Lipinski definition) is 0. The molecule has 4 heterocycles. The number of benzene rings is 1. The summed E-state index contributed by atoms with van der Waals surface area (Å²) in [4.78, 5) is 29.3. The SMILES string of the molecule is Cc1nc2ccc(-n3cnc4c(sc5nccc(N(C)C)c54)c3=O)cc2o1. The summed E-state index contributed by atoms with van der Waals surface area (Å²) in [7, 11) is 3.93. The van der Waals surface area contributed by atoms with Crippen LogP contribution in [0.5, 0.6) is 0 Å². The number of fused-ring (bicyclic) bond motifs is 4. The number of thiophene rings is 1. The monoisotopic (exact) mass is 377 g/mol. The molecule has 1 aromatic carbocycles. The Bertz CT molecular complexity index is 1400. The maximum atomic E-state index is 13.2. The third-order valence-electron chi connectivity index (χ3n) is 4.50. The van der Waals surface area contributed by atoms with Gasteiger partial charge in [-0.3, -0.25) is 9.36 Å². The second-order valence-electron chi connectivity index (χ2n) is 6.49. The molecule has 134 valence electrons. The van der Waals surface area contributed by atoms with E-state index in [-0.39, 0.29) is 5.56 Å². The number of aromatic nitrogens is 4. The number of hydrogen-bond acceptors (Lipinski definition) is 7. The van der Waals surface area contributed by atoms with Gasteiger partial charge in [-0.05, 0) is 18.2 Å². The molecule has 0 fully saturated rings. The van der Waals surface area contributed by atoms with Crippen LogP contribution in [0.3, 0.4) is 0 Å². The first kappa shape index (κ1) is 16.0. The first-order valence-electron chi connectivity index (χ1n) is 8.36. The average Bonchev–Trinajstić information content (AvgIpc) is 3.21. The molecule has 5 rings (SSSR count). The Labute approximate surface area is 157 Å². The molecule has 0 N–H and O–H groups in total. The highest BCUT2D eigenvalue weighted by Gasteiger charge is 2.17. The number of rotatable bonds is 2. The van der Waals surface area contributed by atoms with Gasteiger partial charge in [0.25, 0.3) is 5.56 Å². The van der Waals surface area contributed by atoms with Crippen LogP contribution in [0.4, 0.5) is 5.69 Å². The van der Waals surface area contributed by atoms with Crippen molar-refractivity contribution in [2.24, 2.45) is 0 Å². The minimum atomic E-state index is -0.122. The number of pyridine rings is 1. The highest BCUT2D eigenvalue weighted by Crippen LogP contribution is 2.35. The summed E-state index contributed by atoms with van der Waals surface area (Å²) in [6, 6.07) is 7.42. The fourth-order valence-corrected chi connectivity index (χ4v) is 4.32. The highest BCUT2D eigenvalue weighted by atomic mass is 32.1. The van der Waals surface area contributed by atoms with Crippen molar-refractivity contribution in [2.45, 2.75) is 6.92 Å². The Balaban J connectivity index is 1.79. The molecule has 0 unspecified atom stereocenters. The number of anilines is 1. The van der Waals surface area contributed by atoms with Gasteiger partial charge in [-0.2, -0.15) is 0 Å². The van der Waals surface area contributed by atoms with Gasteiger partial charge in [0.15, 0.2) is 11.5 Å². The van der Waals surface area contributed by atoms with Crippen molar-refractivity contribution >= 4 is 48.6 Å². The first-order valence-corrected chi connectivity index (χ1v) is 9.18. The summed E-state index contributed by atoms with van der Waals surface area (Å²) in [5.74, 6) is 0.592. The average molecular weight is 377 g/mol. The van der Waals surface area contributed by atoms with Crippen LogP contribution in [0.2, 0.25) is 0 Å². The molecule has 27 heavy (non-hydrogen) atoms. The third-order valence-corrected chi connectivity index (χ3v) is 5.57. The second-order valence-corrected chi connectivity index (χ2v) is 7.49. The molecule has 8 heteroatoms. The largest absolute Gasteiger partial charge is 0.441 e. The molecule has 0 amide bonds. The Morgan fingerprint density at radius 2 is 2.04 bits per heavy atom. The van der Waals surface area contributed by atoms with E-state index in [4.69, 9.17) is 4.42 Å². The first-order chi connectivity index (χ1) is 13.0. The van der Waals surface area contributed by atoms with Crippen molar-refractivity contribution in [2.75, 3.05) is 19.0 Å². The van der Waals surface area contributed by atoms with Crippen molar-refractivity contribution in [3.63, 3.8) is 0 Å². The Kier molecular flexibility index (Phi) is 3.32. The van der Waals surface area contributed by atoms with Crippen molar-refractivity contribution in [1.29, 1.82) is 0 Å². The maximum absolute atomic E-state index is 13.2. The second kappa shape index (κ2) is 5.62. The predicted octanol–water partition coefficient (Wildman–Crippen LogP) is 3.51. The lowest BCUT2D eigenvalue weighted by atomic mass is 10.2. The topological polar surface area (TPSA) is 77.1 Å². The lowest BCUT2D eigenvalue weighted by molar-refractivity contribution is 0.561. The molecule has 0 spiro atoms. The maximum Gasteiger partial charge on any atom is 0.275 e. The summed E-state index contributed by atoms with van der Waals surface area (Å²) in [5, 5.41) is 0.910. The smallest absolute Gasteiger partial charge is 0.275 e. The van der Waals surface area contributed by atoms with Crippen LogP contribution in [0.15, 0.2) is 46.0 Å². The summed E-state index contributed by atoms with van der Waals surface area (Å²) in [5.41, 5.74) is 3.66. The summed E-state index contributed by atoms with van der Waals surface area (Å²) >= 11 is 1.37. The zero-order chi connectivity index (χ0) is 18.7. The third kappa shape index (κ3) is 2.33. The van der Waals surface area contributed by atoms with E-state index in [1.54, 1.807) is 25.5 Å². The fourth-order valence-electron chi connectivity index (χ4n) is 3.27. The van der Waals surface area contributed by atoms with Gasteiger partial charge in [0, 0.05) is 33.3 Å². The van der Waals surface area contributed by atoms with E-state index in [2.05, 4.69) is 15.0 Å². The molecule has 7 nitrogen and oxygen atoms in total. The van der Waals surface area contributed by atoms with Crippen LogP contribution in [0.1, 0.15) is 5.89 Å². The molecule has 0 atom stereocenters. The van der Waals surface area contributed by atoms with Crippen LogP contribution in [-0.4, -0.2) is 33.6 Å². The number of oxazole rings is 1. The fraction of sp³-hybridized carbons (Fsp3) is 0.158. The Morgan fingerprint density at radius 3 is 2.85 bits per heavy atom. The van der Waals surface area contributed by atoms with Crippen LogP contribution >= 0.6 is 11.3 Å². The van der Waals surface area contributed by atoms with Gasteiger partial charge >= 0.3 is 0 Å². The van der Waals surface area contributed by atoms with Gasteiger partial charge in [0.1, 0.15) is 21.4 Å². The Morgan fingerprint density at radius 1 is 1.19 bits per heavy atom. The van der Waals surface area contributed by atoms with Crippen LogP contribution in [0.25, 0.3) is 37.2 Å². The van der Waals surface area contributed by atoms with Gasteiger partial charge < -0.3 is 9.32 Å². The van der Waals surface area contributed by atoms with Crippen LogP contribution < -0.4 is 10.5 Å². The molecule has 0 saturated heterocycles. The lowest BCUT2D eigenvalue weighted by Crippen LogP contribution is -2.17. The van der Waals surface area contributed by atoms with E-state index >= 15 is 0 Å². The molecular weight excluding hydrogens is 362 g/mol. The van der Waals surface area contributed by atoms with Crippen molar-refractivity contribution in [3.05, 3.63) is 53.0 Å². The van der Waals surface area contributed by atoms with Crippen LogP contribution in [-0.2, 0) is 0 Å². The minimum Gasteiger partial charge on any atom is -0.441 e. The molecule has 0 bridgehead atoms. The van der Waals surface area contributed by atoms with E-state index in [1.165, 1.54) is 15.9 Å². The number of nitrogens with zero attached hydrogens (tertiary/aromatic N) is 5. The summed E-state index contributed by atoms with van der Waals surface area (Å²) in [6.07, 6.45) is 3.32. The van der Waals surface area contributed by atoms with Gasteiger partial charge in [-0.1, -0.05) is 0 Å². The predicted molar refractivity (Wildman–Crippen MR) is 107 cm³/mol. The van der Waals surface area contributed by atoms with E-state index in [0.717, 1.165) is 21.4 Å².